The first kappa shape index (κ1) is 16.2. The lowest BCUT2D eigenvalue weighted by atomic mass is 10.1. The highest BCUT2D eigenvalue weighted by atomic mass is 16.2. The number of carbonyl (C=O) groups excluding carboxylic acids is 1. The summed E-state index contributed by atoms with van der Waals surface area (Å²) in [5, 5.41) is 7.35. The summed E-state index contributed by atoms with van der Waals surface area (Å²) < 4.78 is 2.86. The lowest BCUT2D eigenvalue weighted by Gasteiger charge is -2.14. The maximum absolute atomic E-state index is 12.3. The summed E-state index contributed by atoms with van der Waals surface area (Å²) in [4.78, 5) is 28.5. The van der Waals surface area contributed by atoms with Gasteiger partial charge in [0.05, 0.1) is 6.20 Å². The number of aryl methyl sites for hydroxylation is 1. The number of hydrogen-bond acceptors (Lipinski definition) is 4. The van der Waals surface area contributed by atoms with Crippen LogP contribution >= 0.6 is 0 Å². The molecule has 1 N–H and O–H groups in total. The fourth-order valence-corrected chi connectivity index (χ4v) is 2.43. The third-order valence-corrected chi connectivity index (χ3v) is 3.68. The van der Waals surface area contributed by atoms with E-state index < -0.39 is 0 Å². The molecule has 0 aliphatic carbocycles. The predicted octanol–water partition coefficient (Wildman–Crippen LogP) is 1.21. The monoisotopic (exact) mass is 305 g/mol. The summed E-state index contributed by atoms with van der Waals surface area (Å²) in [6.45, 7) is 4.12. The molecule has 1 amide bonds. The van der Waals surface area contributed by atoms with E-state index in [9.17, 15) is 9.59 Å². The molecular formula is C15H23N5O2. The minimum absolute atomic E-state index is 0.0191. The third kappa shape index (κ3) is 3.72. The van der Waals surface area contributed by atoms with Gasteiger partial charge in [-0.25, -0.2) is 4.98 Å². The second-order valence-electron chi connectivity index (χ2n) is 5.65. The molecule has 2 aromatic heterocycles. The molecular weight excluding hydrogens is 282 g/mol. The summed E-state index contributed by atoms with van der Waals surface area (Å²) in [5.74, 6) is -0.170. The third-order valence-electron chi connectivity index (χ3n) is 3.68. The van der Waals surface area contributed by atoms with Crippen molar-refractivity contribution in [2.45, 2.75) is 52.1 Å². The van der Waals surface area contributed by atoms with Gasteiger partial charge in [-0.3, -0.25) is 18.8 Å². The minimum atomic E-state index is -0.244. The van der Waals surface area contributed by atoms with Crippen LogP contribution in [0.4, 0.5) is 0 Å². The number of fused-ring (bicyclic) bond motifs is 1. The smallest absolute Gasteiger partial charge is 0.264 e. The van der Waals surface area contributed by atoms with Gasteiger partial charge < -0.3 is 5.32 Å². The zero-order valence-corrected chi connectivity index (χ0v) is 13.4. The zero-order chi connectivity index (χ0) is 16.1. The van der Waals surface area contributed by atoms with E-state index in [4.69, 9.17) is 0 Å². The number of unbranched alkanes of at least 4 members (excludes halogenated alkanes) is 2. The fourth-order valence-electron chi connectivity index (χ4n) is 2.43. The van der Waals surface area contributed by atoms with Gasteiger partial charge in [-0.15, -0.1) is 0 Å². The van der Waals surface area contributed by atoms with Crippen molar-refractivity contribution < 1.29 is 4.79 Å². The van der Waals surface area contributed by atoms with E-state index in [1.165, 1.54) is 28.2 Å². The fraction of sp³-hybridized carbons (Fsp3) is 0.600. The van der Waals surface area contributed by atoms with E-state index in [2.05, 4.69) is 22.3 Å². The first-order valence-corrected chi connectivity index (χ1v) is 7.69. The molecule has 0 aliphatic rings. The zero-order valence-electron chi connectivity index (χ0n) is 13.4. The number of nitrogens with one attached hydrogen (secondary N) is 1. The van der Waals surface area contributed by atoms with Crippen LogP contribution in [-0.2, 0) is 18.4 Å². The molecule has 0 aromatic carbocycles. The second-order valence-corrected chi connectivity index (χ2v) is 5.65. The van der Waals surface area contributed by atoms with E-state index in [0.29, 0.717) is 11.0 Å². The highest BCUT2D eigenvalue weighted by molar-refractivity contribution is 5.77. The molecule has 7 nitrogen and oxygen atoms in total. The molecule has 0 saturated carbocycles. The van der Waals surface area contributed by atoms with Crippen molar-refractivity contribution in [2.24, 2.45) is 7.05 Å². The van der Waals surface area contributed by atoms with Gasteiger partial charge >= 0.3 is 0 Å². The molecule has 0 fully saturated rings. The Morgan fingerprint density at radius 2 is 2.18 bits per heavy atom. The highest BCUT2D eigenvalue weighted by Gasteiger charge is 2.12. The van der Waals surface area contributed by atoms with Crippen molar-refractivity contribution in [3.05, 3.63) is 22.9 Å². The van der Waals surface area contributed by atoms with E-state index >= 15 is 0 Å². The van der Waals surface area contributed by atoms with Gasteiger partial charge in [0.25, 0.3) is 5.56 Å². The van der Waals surface area contributed by atoms with Gasteiger partial charge in [0.1, 0.15) is 18.3 Å². The minimum Gasteiger partial charge on any atom is -0.352 e. The largest absolute Gasteiger partial charge is 0.352 e. The standard InChI is InChI=1S/C15H23N5O2/c1-4-5-6-7-11(2)18-13(21)9-20-10-16-14-12(15(20)22)8-17-19(14)3/h8,10-11H,4-7,9H2,1-3H3,(H,18,21). The number of aromatic nitrogens is 4. The molecule has 0 saturated heterocycles. The molecule has 0 spiro atoms. The normalized spacial score (nSPS) is 12.5. The van der Waals surface area contributed by atoms with Crippen LogP contribution in [0.1, 0.15) is 39.5 Å². The lowest BCUT2D eigenvalue weighted by molar-refractivity contribution is -0.122. The summed E-state index contributed by atoms with van der Waals surface area (Å²) in [6.07, 6.45) is 7.25. The Morgan fingerprint density at radius 1 is 1.41 bits per heavy atom. The van der Waals surface area contributed by atoms with Crippen molar-refractivity contribution in [2.75, 3.05) is 0 Å². The Balaban J connectivity index is 2.00. The molecule has 1 atom stereocenters. The average molecular weight is 305 g/mol. The maximum atomic E-state index is 12.3. The number of rotatable bonds is 7. The Bertz CT molecular complexity index is 704. The van der Waals surface area contributed by atoms with Crippen molar-refractivity contribution in [1.29, 1.82) is 0 Å². The van der Waals surface area contributed by atoms with Gasteiger partial charge in [0.15, 0.2) is 5.65 Å². The molecule has 0 radical (unpaired) electrons. The number of nitrogens with zero attached hydrogens (tertiary/aromatic N) is 4. The van der Waals surface area contributed by atoms with Crippen LogP contribution in [0.2, 0.25) is 0 Å². The van der Waals surface area contributed by atoms with Crippen molar-refractivity contribution in [3.63, 3.8) is 0 Å². The topological polar surface area (TPSA) is 81.8 Å². The maximum Gasteiger partial charge on any atom is 0.264 e. The number of carbonyl (C=O) groups is 1. The molecule has 22 heavy (non-hydrogen) atoms. The van der Waals surface area contributed by atoms with Crippen LogP contribution in [0.15, 0.2) is 17.3 Å². The van der Waals surface area contributed by atoms with Crippen LogP contribution in [0.3, 0.4) is 0 Å². The number of hydrogen-bond donors (Lipinski definition) is 1. The Morgan fingerprint density at radius 3 is 2.91 bits per heavy atom. The van der Waals surface area contributed by atoms with Gasteiger partial charge in [-0.05, 0) is 13.3 Å². The molecule has 0 bridgehead atoms. The Kier molecular flexibility index (Phi) is 5.30. The van der Waals surface area contributed by atoms with Gasteiger partial charge in [-0.1, -0.05) is 26.2 Å². The van der Waals surface area contributed by atoms with Crippen LogP contribution in [0, 0.1) is 0 Å². The average Bonchev–Trinajstić information content (AvgIpc) is 2.84. The van der Waals surface area contributed by atoms with E-state index in [1.54, 1.807) is 7.05 Å². The second kappa shape index (κ2) is 7.20. The molecule has 7 heteroatoms. The van der Waals surface area contributed by atoms with Crippen molar-refractivity contribution in [3.8, 4) is 0 Å². The van der Waals surface area contributed by atoms with Crippen LogP contribution in [0.5, 0.6) is 0 Å². The summed E-state index contributed by atoms with van der Waals surface area (Å²) in [6, 6.07) is 0.116. The SMILES string of the molecule is CCCCCC(C)NC(=O)Cn1cnc2c(cnn2C)c1=O. The van der Waals surface area contributed by atoms with Gasteiger partial charge in [-0.2, -0.15) is 5.10 Å². The molecule has 0 aliphatic heterocycles. The molecule has 2 rings (SSSR count). The van der Waals surface area contributed by atoms with Crippen molar-refractivity contribution in [1.82, 2.24) is 24.6 Å². The van der Waals surface area contributed by atoms with Crippen LogP contribution < -0.4 is 10.9 Å². The first-order valence-electron chi connectivity index (χ1n) is 7.69. The summed E-state index contributed by atoms with van der Waals surface area (Å²) in [7, 11) is 1.73. The van der Waals surface area contributed by atoms with Gasteiger partial charge in [0, 0.05) is 13.1 Å². The van der Waals surface area contributed by atoms with E-state index in [1.807, 2.05) is 6.92 Å². The Labute approximate surface area is 129 Å². The lowest BCUT2D eigenvalue weighted by Crippen LogP contribution is -2.37. The molecule has 1 unspecified atom stereocenters. The molecule has 120 valence electrons. The van der Waals surface area contributed by atoms with Crippen LogP contribution in [0.25, 0.3) is 11.0 Å². The van der Waals surface area contributed by atoms with Crippen LogP contribution in [-0.4, -0.2) is 31.3 Å². The van der Waals surface area contributed by atoms with Gasteiger partial charge in [0.2, 0.25) is 5.91 Å². The molecule has 2 aromatic rings. The summed E-state index contributed by atoms with van der Waals surface area (Å²) in [5.41, 5.74) is 0.279. The van der Waals surface area contributed by atoms with E-state index in [0.717, 1.165) is 19.3 Å². The highest BCUT2D eigenvalue weighted by Crippen LogP contribution is 2.04. The number of amides is 1. The predicted molar refractivity (Wildman–Crippen MR) is 84.5 cm³/mol. The quantitative estimate of drug-likeness (QED) is 0.780. The first-order chi connectivity index (χ1) is 10.5. The van der Waals surface area contributed by atoms with Crippen molar-refractivity contribution >= 4 is 16.9 Å². The summed E-state index contributed by atoms with van der Waals surface area (Å²) >= 11 is 0. The van der Waals surface area contributed by atoms with E-state index in [-0.39, 0.29) is 24.1 Å². The Hall–Kier alpha value is -2.18. The molecule has 2 heterocycles.